The topological polar surface area (TPSA) is 143 Å². The first-order valence-corrected chi connectivity index (χ1v) is 14.1. The summed E-state index contributed by atoms with van der Waals surface area (Å²) in [6.45, 7) is 7.86. The number of hydrogen-bond donors (Lipinski definition) is 5. The summed E-state index contributed by atoms with van der Waals surface area (Å²) >= 11 is 0. The van der Waals surface area contributed by atoms with E-state index in [2.05, 4.69) is 16.0 Å². The number of rotatable bonds is 9. The number of allylic oxidation sites excluding steroid dienone is 6. The highest BCUT2D eigenvalue weighted by molar-refractivity contribution is 6.23. The Labute approximate surface area is 248 Å². The summed E-state index contributed by atoms with van der Waals surface area (Å²) < 4.78 is 0. The summed E-state index contributed by atoms with van der Waals surface area (Å²) in [5.74, 6) is -4.13. The first kappa shape index (κ1) is 29.4. The fourth-order valence-electron chi connectivity index (χ4n) is 5.58. The number of nitrogens with one attached hydrogen (secondary N) is 2. The van der Waals surface area contributed by atoms with Gasteiger partial charge in [-0.05, 0) is 51.0 Å². The van der Waals surface area contributed by atoms with Crippen LogP contribution in [0, 0.1) is 0 Å². The van der Waals surface area contributed by atoms with Gasteiger partial charge in [-0.1, -0.05) is 53.6 Å². The molecule has 0 saturated heterocycles. The van der Waals surface area contributed by atoms with Gasteiger partial charge < -0.3 is 25.3 Å². The number of para-hydroxylation sites is 2. The third kappa shape index (κ3) is 5.56. The predicted octanol–water partition coefficient (Wildman–Crippen LogP) is 6.93. The Hall–Kier alpha value is -5.11. The molecule has 0 radical (unpaired) electrons. The number of aromatic amines is 2. The lowest BCUT2D eigenvalue weighted by Gasteiger charge is -2.19. The number of aromatic nitrogens is 2. The van der Waals surface area contributed by atoms with Gasteiger partial charge in [0, 0.05) is 53.4 Å². The second-order valence-electron chi connectivity index (χ2n) is 11.4. The molecule has 1 aliphatic rings. The van der Waals surface area contributed by atoms with Crippen LogP contribution in [0.25, 0.3) is 21.8 Å². The second-order valence-corrected chi connectivity index (χ2v) is 11.4. The molecule has 2 aromatic carbocycles. The van der Waals surface area contributed by atoms with Gasteiger partial charge in [-0.15, -0.1) is 0 Å². The number of carboxylic acids is 1. The molecule has 0 spiro atoms. The average Bonchev–Trinajstić information content (AvgIpc) is 3.51. The Morgan fingerprint density at radius 2 is 1.23 bits per heavy atom. The van der Waals surface area contributed by atoms with Crippen molar-refractivity contribution in [2.45, 2.75) is 53.4 Å². The average molecular weight is 579 g/mol. The maximum Gasteiger partial charge on any atom is 0.337 e. The van der Waals surface area contributed by atoms with Gasteiger partial charge in [0.2, 0.25) is 11.6 Å². The summed E-state index contributed by atoms with van der Waals surface area (Å²) in [7, 11) is 0. The van der Waals surface area contributed by atoms with Gasteiger partial charge in [-0.25, -0.2) is 4.79 Å². The summed E-state index contributed by atoms with van der Waals surface area (Å²) in [5.41, 5.74) is 5.97. The lowest BCUT2D eigenvalue weighted by atomic mass is 9.85. The molecule has 0 amide bonds. The molecule has 0 fully saturated rings. The molecular formula is C35H34N2O6. The van der Waals surface area contributed by atoms with Crippen molar-refractivity contribution in [3.8, 4) is 0 Å². The van der Waals surface area contributed by atoms with E-state index >= 15 is 0 Å². The highest BCUT2D eigenvalue weighted by Gasteiger charge is 2.36. The maximum atomic E-state index is 13.6. The first-order valence-electron chi connectivity index (χ1n) is 14.1. The van der Waals surface area contributed by atoms with Gasteiger partial charge in [0.25, 0.3) is 0 Å². The van der Waals surface area contributed by atoms with Gasteiger partial charge in [-0.3, -0.25) is 9.59 Å². The fraction of sp³-hybridized carbons (Fsp3) is 0.229. The van der Waals surface area contributed by atoms with Crippen LogP contribution in [0.15, 0.2) is 88.4 Å². The number of fused-ring (bicyclic) bond motifs is 2. The van der Waals surface area contributed by atoms with Crippen LogP contribution < -0.4 is 0 Å². The van der Waals surface area contributed by atoms with E-state index in [0.717, 1.165) is 33.3 Å². The van der Waals surface area contributed by atoms with Crippen LogP contribution in [0.3, 0.4) is 0 Å². The van der Waals surface area contributed by atoms with E-state index in [4.69, 9.17) is 0 Å². The number of benzene rings is 2. The number of aromatic carboxylic acids is 1. The number of aliphatic hydroxyl groups is 2. The smallest absolute Gasteiger partial charge is 0.337 e. The van der Waals surface area contributed by atoms with Gasteiger partial charge in [0.15, 0.2) is 11.5 Å². The zero-order chi connectivity index (χ0) is 31.0. The maximum absolute atomic E-state index is 13.6. The number of carbonyl (C=O) groups is 3. The van der Waals surface area contributed by atoms with Crippen LogP contribution in [-0.2, 0) is 35.3 Å². The zero-order valence-corrected chi connectivity index (χ0v) is 24.6. The SMILES string of the molecule is CC(C)=CCc1[nH]c2ccccc2c1CC1=C(O)C(=O)C(Cc2c(CC=C(C)C)[nH]c3c(C(=O)O)cccc23)=C(O)C1=O. The van der Waals surface area contributed by atoms with Crippen molar-refractivity contribution < 1.29 is 29.7 Å². The molecule has 1 aliphatic carbocycles. The van der Waals surface area contributed by atoms with E-state index in [-0.39, 0.29) is 29.6 Å². The van der Waals surface area contributed by atoms with Gasteiger partial charge >= 0.3 is 5.97 Å². The van der Waals surface area contributed by atoms with Crippen molar-refractivity contribution in [2.75, 3.05) is 0 Å². The predicted molar refractivity (Wildman–Crippen MR) is 167 cm³/mol. The highest BCUT2D eigenvalue weighted by Crippen LogP contribution is 2.34. The van der Waals surface area contributed by atoms with E-state index < -0.39 is 29.1 Å². The van der Waals surface area contributed by atoms with Crippen molar-refractivity contribution in [3.05, 3.63) is 117 Å². The molecule has 0 atom stereocenters. The van der Waals surface area contributed by atoms with Crippen LogP contribution in [0.5, 0.6) is 0 Å². The molecule has 2 heterocycles. The standard InChI is InChI=1S/C35H34N2O6/c1-18(2)12-14-28-23(20-8-5-6-11-27(20)36-28)16-25-31(38)33(40)26(34(41)32(25)39)17-24-21-9-7-10-22(35(42)43)30(21)37-29(24)15-13-19(3)4/h5-13,36-38,41H,14-17H2,1-4H3,(H,42,43). The lowest BCUT2D eigenvalue weighted by molar-refractivity contribution is -0.120. The number of carbonyl (C=O) groups excluding carboxylic acids is 2. The van der Waals surface area contributed by atoms with Crippen molar-refractivity contribution in [1.82, 2.24) is 9.97 Å². The van der Waals surface area contributed by atoms with Crippen LogP contribution in [0.2, 0.25) is 0 Å². The van der Waals surface area contributed by atoms with Crippen LogP contribution >= 0.6 is 0 Å². The van der Waals surface area contributed by atoms with Gasteiger partial charge in [0.05, 0.1) is 22.2 Å². The Kier molecular flexibility index (Phi) is 7.96. The minimum Gasteiger partial charge on any atom is -0.504 e. The second kappa shape index (κ2) is 11.6. The number of Topliss-reactive ketones (excluding diaryl/α,β-unsaturated/α-hetero) is 2. The molecule has 4 aromatic rings. The minimum absolute atomic E-state index is 0.0371. The number of aliphatic hydroxyl groups excluding tert-OH is 2. The fourth-order valence-corrected chi connectivity index (χ4v) is 5.58. The van der Waals surface area contributed by atoms with Crippen LogP contribution in [-0.4, -0.2) is 42.8 Å². The molecule has 8 nitrogen and oxygen atoms in total. The molecule has 0 aliphatic heterocycles. The summed E-state index contributed by atoms with van der Waals surface area (Å²) in [4.78, 5) is 45.6. The summed E-state index contributed by atoms with van der Waals surface area (Å²) in [6.07, 6.45) is 4.80. The van der Waals surface area contributed by atoms with Crippen molar-refractivity contribution in [1.29, 1.82) is 0 Å². The molecule has 2 aromatic heterocycles. The van der Waals surface area contributed by atoms with Gasteiger partial charge in [-0.2, -0.15) is 0 Å². The summed E-state index contributed by atoms with van der Waals surface area (Å²) in [5, 5.41) is 33.4. The molecule has 8 heteroatoms. The Morgan fingerprint density at radius 3 is 1.79 bits per heavy atom. The Morgan fingerprint density at radius 1 is 0.721 bits per heavy atom. The van der Waals surface area contributed by atoms with Crippen molar-refractivity contribution in [2.24, 2.45) is 0 Å². The zero-order valence-electron chi connectivity index (χ0n) is 24.6. The molecule has 43 heavy (non-hydrogen) atoms. The summed E-state index contributed by atoms with van der Waals surface area (Å²) in [6, 6.07) is 12.4. The molecule has 220 valence electrons. The number of ketones is 2. The third-order valence-corrected chi connectivity index (χ3v) is 7.85. The molecule has 0 saturated carbocycles. The Balaban J connectivity index is 1.56. The van der Waals surface area contributed by atoms with E-state index in [0.29, 0.717) is 35.0 Å². The van der Waals surface area contributed by atoms with E-state index in [1.165, 1.54) is 6.07 Å². The molecule has 5 N–H and O–H groups in total. The quantitative estimate of drug-likeness (QED) is 0.108. The highest BCUT2D eigenvalue weighted by atomic mass is 16.4. The third-order valence-electron chi connectivity index (χ3n) is 7.85. The van der Waals surface area contributed by atoms with E-state index in [1.54, 1.807) is 12.1 Å². The molecule has 5 rings (SSSR count). The minimum atomic E-state index is -1.11. The molecular weight excluding hydrogens is 544 g/mol. The largest absolute Gasteiger partial charge is 0.504 e. The van der Waals surface area contributed by atoms with Crippen LogP contribution in [0.4, 0.5) is 0 Å². The van der Waals surface area contributed by atoms with Crippen molar-refractivity contribution >= 4 is 39.3 Å². The van der Waals surface area contributed by atoms with E-state index in [1.807, 2.05) is 58.0 Å². The molecule has 0 bridgehead atoms. The van der Waals surface area contributed by atoms with Crippen molar-refractivity contribution in [3.63, 3.8) is 0 Å². The number of hydrogen-bond acceptors (Lipinski definition) is 5. The van der Waals surface area contributed by atoms with Gasteiger partial charge in [0.1, 0.15) is 0 Å². The molecule has 0 unspecified atom stereocenters. The van der Waals surface area contributed by atoms with E-state index in [9.17, 15) is 29.7 Å². The Bertz CT molecular complexity index is 1940. The van der Waals surface area contributed by atoms with Crippen LogP contribution in [0.1, 0.15) is 60.6 Å². The monoisotopic (exact) mass is 578 g/mol. The normalized spacial score (nSPS) is 13.8. The number of carboxylic acid groups (broad SMARTS) is 1. The first-order chi connectivity index (χ1) is 20.5. The lowest BCUT2D eigenvalue weighted by Crippen LogP contribution is -2.26. The number of H-pyrrole nitrogens is 2.